The van der Waals surface area contributed by atoms with Crippen LogP contribution in [0.15, 0.2) is 24.3 Å². The molecule has 1 aromatic rings. The number of benzene rings is 1. The summed E-state index contributed by atoms with van der Waals surface area (Å²) < 4.78 is 4.66. The molecule has 0 fully saturated rings. The fraction of sp³-hybridized carbons (Fsp3) is 0.364. The van der Waals surface area contributed by atoms with Crippen LogP contribution in [0.4, 0.5) is 4.79 Å². The van der Waals surface area contributed by atoms with Crippen LogP contribution < -0.4 is 5.32 Å². The topological polar surface area (TPSA) is 58.6 Å². The van der Waals surface area contributed by atoms with E-state index in [0.29, 0.717) is 5.56 Å². The third-order valence-electron chi connectivity index (χ3n) is 2.01. The fourth-order valence-corrected chi connectivity index (χ4v) is 1.26. The molecule has 1 amide bonds. The molecular formula is C11H15NO3. The van der Waals surface area contributed by atoms with Crippen molar-refractivity contribution >= 4 is 6.09 Å². The molecule has 1 unspecified atom stereocenters. The summed E-state index contributed by atoms with van der Waals surface area (Å²) in [5.74, 6) is 0. The number of alkyl carbamates (subject to hydrolysis) is 1. The molecule has 1 aromatic carbocycles. The Labute approximate surface area is 88.9 Å². The van der Waals surface area contributed by atoms with E-state index in [4.69, 9.17) is 0 Å². The van der Waals surface area contributed by atoms with Crippen LogP contribution in [-0.4, -0.2) is 17.8 Å². The molecule has 0 aromatic heterocycles. The molecule has 0 aliphatic heterocycles. The summed E-state index contributed by atoms with van der Waals surface area (Å²) in [6.45, 7) is 3.86. The summed E-state index contributed by atoms with van der Waals surface area (Å²) in [6, 6.07) is 7.30. The molecule has 0 spiro atoms. The largest absolute Gasteiger partial charge is 0.450 e. The first-order chi connectivity index (χ1) is 7.15. The number of aryl methyl sites for hydroxylation is 1. The molecule has 4 heteroatoms. The van der Waals surface area contributed by atoms with Gasteiger partial charge < -0.3 is 9.84 Å². The monoisotopic (exact) mass is 209 g/mol. The molecule has 0 aliphatic carbocycles. The number of nitrogens with one attached hydrogen (secondary N) is 1. The van der Waals surface area contributed by atoms with E-state index in [1.165, 1.54) is 0 Å². The zero-order valence-electron chi connectivity index (χ0n) is 8.86. The molecule has 82 valence electrons. The summed E-state index contributed by atoms with van der Waals surface area (Å²) >= 11 is 0. The number of rotatable bonds is 3. The molecule has 0 saturated heterocycles. The lowest BCUT2D eigenvalue weighted by Gasteiger charge is -2.14. The zero-order valence-corrected chi connectivity index (χ0v) is 8.86. The third kappa shape index (κ3) is 3.25. The predicted molar refractivity (Wildman–Crippen MR) is 56.3 cm³/mol. The minimum absolute atomic E-state index is 0.284. The first kappa shape index (κ1) is 11.5. The van der Waals surface area contributed by atoms with Crippen molar-refractivity contribution in [2.45, 2.75) is 20.1 Å². The van der Waals surface area contributed by atoms with Gasteiger partial charge in [0.25, 0.3) is 0 Å². The standard InChI is InChI=1S/C11H15NO3/c1-3-15-11(14)12-10(13)9-7-5-4-6-8(9)2/h4-7,10,13H,3H2,1-2H3,(H,12,14). The minimum Gasteiger partial charge on any atom is -0.450 e. The maximum absolute atomic E-state index is 11.0. The number of ether oxygens (including phenoxy) is 1. The smallest absolute Gasteiger partial charge is 0.409 e. The number of hydrogen-bond acceptors (Lipinski definition) is 3. The Balaban J connectivity index is 2.65. The highest BCUT2D eigenvalue weighted by Crippen LogP contribution is 2.14. The van der Waals surface area contributed by atoms with E-state index in [1.54, 1.807) is 19.1 Å². The number of aliphatic hydroxyl groups excluding tert-OH is 1. The quantitative estimate of drug-likeness (QED) is 0.745. The van der Waals surface area contributed by atoms with Crippen LogP contribution in [0.25, 0.3) is 0 Å². The lowest BCUT2D eigenvalue weighted by molar-refractivity contribution is 0.102. The molecule has 0 saturated carbocycles. The number of carbonyl (C=O) groups is 1. The van der Waals surface area contributed by atoms with E-state index in [9.17, 15) is 9.90 Å². The zero-order chi connectivity index (χ0) is 11.3. The molecule has 4 nitrogen and oxygen atoms in total. The number of amides is 1. The Hall–Kier alpha value is -1.55. The van der Waals surface area contributed by atoms with E-state index < -0.39 is 12.3 Å². The van der Waals surface area contributed by atoms with Gasteiger partial charge in [0.2, 0.25) is 0 Å². The van der Waals surface area contributed by atoms with Crippen LogP contribution >= 0.6 is 0 Å². The van der Waals surface area contributed by atoms with Crippen molar-refractivity contribution in [1.29, 1.82) is 0 Å². The van der Waals surface area contributed by atoms with Crippen molar-refractivity contribution in [1.82, 2.24) is 5.32 Å². The van der Waals surface area contributed by atoms with E-state index in [2.05, 4.69) is 10.1 Å². The van der Waals surface area contributed by atoms with Gasteiger partial charge >= 0.3 is 6.09 Å². The van der Waals surface area contributed by atoms with Gasteiger partial charge in [-0.05, 0) is 19.4 Å². The van der Waals surface area contributed by atoms with E-state index >= 15 is 0 Å². The Morgan fingerprint density at radius 3 is 2.80 bits per heavy atom. The van der Waals surface area contributed by atoms with Crippen molar-refractivity contribution < 1.29 is 14.6 Å². The predicted octanol–water partition coefficient (Wildman–Crippen LogP) is 1.73. The lowest BCUT2D eigenvalue weighted by atomic mass is 10.1. The Bertz CT molecular complexity index is 338. The Morgan fingerprint density at radius 1 is 1.53 bits per heavy atom. The van der Waals surface area contributed by atoms with Crippen molar-refractivity contribution in [3.8, 4) is 0 Å². The van der Waals surface area contributed by atoms with Gasteiger partial charge in [0, 0.05) is 5.56 Å². The third-order valence-corrected chi connectivity index (χ3v) is 2.01. The summed E-state index contributed by atoms with van der Waals surface area (Å²) in [7, 11) is 0. The summed E-state index contributed by atoms with van der Waals surface area (Å²) in [5, 5.41) is 12.0. The van der Waals surface area contributed by atoms with Crippen molar-refractivity contribution in [3.05, 3.63) is 35.4 Å². The number of hydrogen-bond donors (Lipinski definition) is 2. The molecular weight excluding hydrogens is 194 g/mol. The van der Waals surface area contributed by atoms with Gasteiger partial charge in [0.05, 0.1) is 6.61 Å². The highest BCUT2D eigenvalue weighted by molar-refractivity contribution is 5.67. The van der Waals surface area contributed by atoms with E-state index in [0.717, 1.165) is 5.56 Å². The second kappa shape index (κ2) is 5.36. The summed E-state index contributed by atoms with van der Waals surface area (Å²) in [6.07, 6.45) is -1.64. The highest BCUT2D eigenvalue weighted by atomic mass is 16.5. The van der Waals surface area contributed by atoms with Gasteiger partial charge in [0.15, 0.2) is 6.23 Å². The van der Waals surface area contributed by atoms with Crippen LogP contribution in [0, 0.1) is 6.92 Å². The van der Waals surface area contributed by atoms with Gasteiger partial charge in [0.1, 0.15) is 0 Å². The van der Waals surface area contributed by atoms with Gasteiger partial charge in [-0.2, -0.15) is 0 Å². The maximum atomic E-state index is 11.0. The van der Waals surface area contributed by atoms with Crippen LogP contribution in [0.3, 0.4) is 0 Å². The molecule has 15 heavy (non-hydrogen) atoms. The van der Waals surface area contributed by atoms with Crippen molar-refractivity contribution in [2.75, 3.05) is 6.61 Å². The average molecular weight is 209 g/mol. The van der Waals surface area contributed by atoms with Crippen LogP contribution in [0.5, 0.6) is 0 Å². The molecule has 0 aliphatic rings. The van der Waals surface area contributed by atoms with Crippen LogP contribution in [0.1, 0.15) is 24.3 Å². The van der Waals surface area contributed by atoms with Crippen molar-refractivity contribution in [2.24, 2.45) is 0 Å². The molecule has 1 atom stereocenters. The SMILES string of the molecule is CCOC(=O)NC(O)c1ccccc1C. The molecule has 0 bridgehead atoms. The van der Waals surface area contributed by atoms with Gasteiger partial charge in [-0.3, -0.25) is 5.32 Å². The van der Waals surface area contributed by atoms with Crippen LogP contribution in [0.2, 0.25) is 0 Å². The Morgan fingerprint density at radius 2 is 2.20 bits per heavy atom. The minimum atomic E-state index is -1.02. The summed E-state index contributed by atoms with van der Waals surface area (Å²) in [5.41, 5.74) is 1.59. The Kier molecular flexibility index (Phi) is 4.12. The van der Waals surface area contributed by atoms with E-state index in [1.807, 2.05) is 19.1 Å². The van der Waals surface area contributed by atoms with Gasteiger partial charge in [-0.15, -0.1) is 0 Å². The second-order valence-electron chi connectivity index (χ2n) is 3.12. The average Bonchev–Trinajstić information content (AvgIpc) is 2.18. The number of carbonyl (C=O) groups excluding carboxylic acids is 1. The summed E-state index contributed by atoms with van der Waals surface area (Å²) in [4.78, 5) is 11.0. The molecule has 0 radical (unpaired) electrons. The normalized spacial score (nSPS) is 11.9. The van der Waals surface area contributed by atoms with Crippen LogP contribution in [-0.2, 0) is 4.74 Å². The first-order valence-corrected chi connectivity index (χ1v) is 4.82. The number of aliphatic hydroxyl groups is 1. The highest BCUT2D eigenvalue weighted by Gasteiger charge is 2.12. The van der Waals surface area contributed by atoms with Gasteiger partial charge in [-0.1, -0.05) is 24.3 Å². The molecule has 0 heterocycles. The molecule has 1 rings (SSSR count). The van der Waals surface area contributed by atoms with Crippen molar-refractivity contribution in [3.63, 3.8) is 0 Å². The van der Waals surface area contributed by atoms with Gasteiger partial charge in [-0.25, -0.2) is 4.79 Å². The molecule has 2 N–H and O–H groups in total. The first-order valence-electron chi connectivity index (χ1n) is 4.82. The maximum Gasteiger partial charge on any atom is 0.409 e. The second-order valence-corrected chi connectivity index (χ2v) is 3.12. The van der Waals surface area contributed by atoms with E-state index in [-0.39, 0.29) is 6.61 Å². The lowest BCUT2D eigenvalue weighted by Crippen LogP contribution is -2.29. The fourth-order valence-electron chi connectivity index (χ4n) is 1.26.